The Labute approximate surface area is 118 Å². The molecule has 0 saturated heterocycles. The molecule has 0 aliphatic heterocycles. The Morgan fingerprint density at radius 1 is 1.16 bits per heavy atom. The lowest BCUT2D eigenvalue weighted by Gasteiger charge is -2.12. The van der Waals surface area contributed by atoms with Gasteiger partial charge in [-0.25, -0.2) is 0 Å². The molecule has 98 valence electrons. The second-order valence-corrected chi connectivity index (χ2v) is 6.37. The molecule has 1 atom stereocenters. The minimum Gasteiger partial charge on any atom is -0.618 e. The molecular weight excluding hydrogens is 254 g/mol. The van der Waals surface area contributed by atoms with Gasteiger partial charge in [-0.2, -0.15) is 4.73 Å². The number of hydrogen-bond acceptors (Lipinski definition) is 2. The van der Waals surface area contributed by atoms with E-state index in [4.69, 9.17) is 0 Å². The van der Waals surface area contributed by atoms with E-state index in [9.17, 15) is 5.21 Å². The lowest BCUT2D eigenvalue weighted by molar-refractivity contribution is -0.645. The highest BCUT2D eigenvalue weighted by Crippen LogP contribution is 2.35. The van der Waals surface area contributed by atoms with Crippen LogP contribution in [0.5, 0.6) is 0 Å². The maximum atomic E-state index is 11.7. The molecule has 1 aliphatic carbocycles. The lowest BCUT2D eigenvalue weighted by atomic mass is 10.0. The zero-order valence-corrected chi connectivity index (χ0v) is 11.8. The zero-order chi connectivity index (χ0) is 13.2. The predicted molar refractivity (Wildman–Crippen MR) is 78.1 cm³/mol. The number of fused-ring (bicyclic) bond motifs is 1. The molecule has 0 saturated carbocycles. The summed E-state index contributed by atoms with van der Waals surface area (Å²) in [5.74, 6) is 0. The molecule has 1 unspecified atom stereocenters. The van der Waals surface area contributed by atoms with Gasteiger partial charge in [0.15, 0.2) is 6.20 Å². The SMILES string of the molecule is CC(Sc1cccc[n+]1[O-])c1ccc2c(c1)CCC2. The summed E-state index contributed by atoms with van der Waals surface area (Å²) in [5.41, 5.74) is 4.31. The van der Waals surface area contributed by atoms with Crippen molar-refractivity contribution in [2.75, 3.05) is 0 Å². The molecule has 0 amide bonds. The Hall–Kier alpha value is -1.48. The summed E-state index contributed by atoms with van der Waals surface area (Å²) in [5, 5.41) is 12.7. The predicted octanol–water partition coefficient (Wildman–Crippen LogP) is 3.66. The van der Waals surface area contributed by atoms with Crippen molar-refractivity contribution >= 4 is 11.8 Å². The molecule has 0 N–H and O–H groups in total. The maximum Gasteiger partial charge on any atom is 0.251 e. The normalized spacial score (nSPS) is 15.2. The summed E-state index contributed by atoms with van der Waals surface area (Å²) >= 11 is 1.62. The van der Waals surface area contributed by atoms with Gasteiger partial charge in [0.25, 0.3) is 5.03 Å². The van der Waals surface area contributed by atoms with Gasteiger partial charge < -0.3 is 5.21 Å². The average Bonchev–Trinajstić information content (AvgIpc) is 2.88. The van der Waals surface area contributed by atoms with Crippen LogP contribution in [-0.2, 0) is 12.8 Å². The average molecular weight is 271 g/mol. The fourth-order valence-electron chi connectivity index (χ4n) is 2.60. The molecule has 0 fully saturated rings. The van der Waals surface area contributed by atoms with Crippen LogP contribution in [0.4, 0.5) is 0 Å². The van der Waals surface area contributed by atoms with Crippen molar-refractivity contribution < 1.29 is 4.73 Å². The minimum absolute atomic E-state index is 0.300. The Bertz CT molecular complexity index is 597. The van der Waals surface area contributed by atoms with Gasteiger partial charge in [-0.05, 0) is 60.7 Å². The summed E-state index contributed by atoms with van der Waals surface area (Å²) in [4.78, 5) is 0. The topological polar surface area (TPSA) is 26.9 Å². The Balaban J connectivity index is 1.81. The molecule has 1 heterocycles. The van der Waals surface area contributed by atoms with Crippen molar-refractivity contribution in [3.05, 3.63) is 64.5 Å². The van der Waals surface area contributed by atoms with Gasteiger partial charge in [0.05, 0.1) is 0 Å². The van der Waals surface area contributed by atoms with Crippen LogP contribution >= 0.6 is 11.8 Å². The summed E-state index contributed by atoms with van der Waals surface area (Å²) in [6.07, 6.45) is 5.25. The molecule has 0 spiro atoms. The number of thioether (sulfide) groups is 1. The first-order chi connectivity index (χ1) is 9.24. The number of rotatable bonds is 3. The third kappa shape index (κ3) is 2.61. The molecule has 3 heteroatoms. The quantitative estimate of drug-likeness (QED) is 0.484. The highest BCUT2D eigenvalue weighted by molar-refractivity contribution is 7.99. The lowest BCUT2D eigenvalue weighted by Crippen LogP contribution is -2.27. The number of aryl methyl sites for hydroxylation is 2. The van der Waals surface area contributed by atoms with E-state index in [1.54, 1.807) is 24.0 Å². The standard InChI is InChI=1S/C16H17NOS/c1-12(19-16-7-2-3-10-17(16)18)14-9-8-13-5-4-6-15(13)11-14/h2-3,7-12H,4-6H2,1H3. The first kappa shape index (κ1) is 12.5. The van der Waals surface area contributed by atoms with Crippen molar-refractivity contribution in [3.8, 4) is 0 Å². The fraction of sp³-hybridized carbons (Fsp3) is 0.312. The molecule has 1 aliphatic rings. The second-order valence-electron chi connectivity index (χ2n) is 5.01. The number of aromatic nitrogens is 1. The molecular formula is C16H17NOS. The van der Waals surface area contributed by atoms with Crippen molar-refractivity contribution in [2.45, 2.75) is 36.5 Å². The molecule has 1 aromatic carbocycles. The van der Waals surface area contributed by atoms with E-state index >= 15 is 0 Å². The van der Waals surface area contributed by atoms with E-state index in [1.807, 2.05) is 12.1 Å². The monoisotopic (exact) mass is 271 g/mol. The van der Waals surface area contributed by atoms with Crippen LogP contribution in [0.3, 0.4) is 0 Å². The Kier molecular flexibility index (Phi) is 3.47. The van der Waals surface area contributed by atoms with E-state index in [0.717, 1.165) is 9.76 Å². The van der Waals surface area contributed by atoms with E-state index in [1.165, 1.54) is 36.0 Å². The van der Waals surface area contributed by atoms with Crippen LogP contribution in [0.25, 0.3) is 0 Å². The summed E-state index contributed by atoms with van der Waals surface area (Å²) in [6.45, 7) is 2.16. The molecule has 1 aromatic heterocycles. The van der Waals surface area contributed by atoms with Crippen LogP contribution in [0.15, 0.2) is 47.6 Å². The van der Waals surface area contributed by atoms with Crippen LogP contribution in [0.1, 0.15) is 35.3 Å². The van der Waals surface area contributed by atoms with E-state index in [2.05, 4.69) is 25.1 Å². The fourth-order valence-corrected chi connectivity index (χ4v) is 3.56. The largest absolute Gasteiger partial charge is 0.618 e. The van der Waals surface area contributed by atoms with E-state index in [0.29, 0.717) is 5.25 Å². The van der Waals surface area contributed by atoms with Crippen LogP contribution in [0, 0.1) is 5.21 Å². The van der Waals surface area contributed by atoms with Crippen molar-refractivity contribution in [2.24, 2.45) is 0 Å². The number of benzene rings is 1. The first-order valence-corrected chi connectivity index (χ1v) is 7.58. The van der Waals surface area contributed by atoms with Gasteiger partial charge in [-0.1, -0.05) is 18.2 Å². The van der Waals surface area contributed by atoms with Crippen molar-refractivity contribution in [3.63, 3.8) is 0 Å². The van der Waals surface area contributed by atoms with Crippen LogP contribution < -0.4 is 4.73 Å². The minimum atomic E-state index is 0.300. The number of nitrogens with zero attached hydrogens (tertiary/aromatic N) is 1. The highest BCUT2D eigenvalue weighted by atomic mass is 32.2. The second kappa shape index (κ2) is 5.25. The summed E-state index contributed by atoms with van der Waals surface area (Å²) in [7, 11) is 0. The van der Waals surface area contributed by atoms with Gasteiger partial charge in [0.2, 0.25) is 0 Å². The smallest absolute Gasteiger partial charge is 0.251 e. The molecule has 0 bridgehead atoms. The number of pyridine rings is 1. The van der Waals surface area contributed by atoms with Gasteiger partial charge in [-0.15, -0.1) is 0 Å². The summed E-state index contributed by atoms with van der Waals surface area (Å²) in [6, 6.07) is 12.3. The molecule has 19 heavy (non-hydrogen) atoms. The molecule has 0 radical (unpaired) electrons. The number of hydrogen-bond donors (Lipinski definition) is 0. The van der Waals surface area contributed by atoms with Gasteiger partial charge in [0, 0.05) is 17.4 Å². The maximum absolute atomic E-state index is 11.7. The van der Waals surface area contributed by atoms with Crippen molar-refractivity contribution in [1.82, 2.24) is 0 Å². The van der Waals surface area contributed by atoms with Crippen LogP contribution in [0.2, 0.25) is 0 Å². The van der Waals surface area contributed by atoms with E-state index in [-0.39, 0.29) is 0 Å². The van der Waals surface area contributed by atoms with Crippen LogP contribution in [-0.4, -0.2) is 0 Å². The Morgan fingerprint density at radius 2 is 2.00 bits per heavy atom. The molecule has 2 nitrogen and oxygen atoms in total. The highest BCUT2D eigenvalue weighted by Gasteiger charge is 2.16. The third-order valence-corrected chi connectivity index (χ3v) is 4.86. The Morgan fingerprint density at radius 3 is 2.84 bits per heavy atom. The first-order valence-electron chi connectivity index (χ1n) is 6.70. The van der Waals surface area contributed by atoms with Gasteiger partial charge in [0.1, 0.15) is 0 Å². The third-order valence-electron chi connectivity index (χ3n) is 3.68. The summed E-state index contributed by atoms with van der Waals surface area (Å²) < 4.78 is 0.939. The molecule has 2 aromatic rings. The van der Waals surface area contributed by atoms with Gasteiger partial charge in [-0.3, -0.25) is 0 Å². The van der Waals surface area contributed by atoms with Gasteiger partial charge >= 0.3 is 0 Å². The zero-order valence-electron chi connectivity index (χ0n) is 11.0. The molecule has 3 rings (SSSR count). The van der Waals surface area contributed by atoms with E-state index < -0.39 is 0 Å². The van der Waals surface area contributed by atoms with Crippen molar-refractivity contribution in [1.29, 1.82) is 0 Å².